The van der Waals surface area contributed by atoms with Crippen molar-refractivity contribution < 1.29 is 4.79 Å². The smallest absolute Gasteiger partial charge is 0.234 e. The molecule has 1 heterocycles. The van der Waals surface area contributed by atoms with Crippen molar-refractivity contribution in [2.45, 2.75) is 32.9 Å². The molecular weight excluding hydrogens is 266 g/mol. The first-order chi connectivity index (χ1) is 9.94. The lowest BCUT2D eigenvalue weighted by atomic mass is 10.1. The minimum atomic E-state index is -0.213. The Morgan fingerprint density at radius 1 is 1.24 bits per heavy atom. The van der Waals surface area contributed by atoms with E-state index < -0.39 is 0 Å². The molecule has 112 valence electrons. The number of hydrogen-bond acceptors (Lipinski definition) is 4. The summed E-state index contributed by atoms with van der Waals surface area (Å²) in [6, 6.07) is 9.70. The summed E-state index contributed by atoms with van der Waals surface area (Å²) in [7, 11) is 0. The van der Waals surface area contributed by atoms with E-state index in [1.807, 2.05) is 51.1 Å². The van der Waals surface area contributed by atoms with Gasteiger partial charge < -0.3 is 10.6 Å². The van der Waals surface area contributed by atoms with Crippen LogP contribution in [0.4, 0.5) is 0 Å². The third-order valence-electron chi connectivity index (χ3n) is 2.63. The van der Waals surface area contributed by atoms with Gasteiger partial charge in [-0.2, -0.15) is 15.0 Å². The summed E-state index contributed by atoms with van der Waals surface area (Å²) in [5.74, 6) is -0.0297. The zero-order valence-corrected chi connectivity index (χ0v) is 12.6. The van der Waals surface area contributed by atoms with Crippen LogP contribution in [0.15, 0.2) is 36.5 Å². The first kappa shape index (κ1) is 15.2. The van der Waals surface area contributed by atoms with E-state index in [0.717, 1.165) is 11.4 Å². The van der Waals surface area contributed by atoms with Crippen molar-refractivity contribution in [1.82, 2.24) is 25.6 Å². The number of carbonyl (C=O) groups is 1. The lowest BCUT2D eigenvalue weighted by Gasteiger charge is -2.20. The van der Waals surface area contributed by atoms with E-state index >= 15 is 0 Å². The third kappa shape index (κ3) is 5.00. The Balaban J connectivity index is 1.83. The highest BCUT2D eigenvalue weighted by molar-refractivity contribution is 5.78. The van der Waals surface area contributed by atoms with Gasteiger partial charge in [-0.05, 0) is 32.9 Å². The Hall–Kier alpha value is -2.21. The molecule has 0 spiro atoms. The van der Waals surface area contributed by atoms with E-state index in [2.05, 4.69) is 20.8 Å². The quantitative estimate of drug-likeness (QED) is 0.869. The van der Waals surface area contributed by atoms with Gasteiger partial charge in [-0.3, -0.25) is 4.79 Å². The minimum absolute atomic E-state index is 0.0297. The maximum atomic E-state index is 11.7. The Labute approximate surface area is 124 Å². The molecule has 0 aliphatic heterocycles. The normalized spacial score (nSPS) is 11.4. The molecule has 21 heavy (non-hydrogen) atoms. The average molecular weight is 287 g/mol. The fourth-order valence-electron chi connectivity index (χ4n) is 1.83. The molecule has 0 aliphatic rings. The maximum absolute atomic E-state index is 11.7. The molecule has 0 saturated carbocycles. The molecule has 0 bridgehead atoms. The lowest BCUT2D eigenvalue weighted by molar-refractivity contribution is -0.121. The van der Waals surface area contributed by atoms with E-state index in [9.17, 15) is 4.79 Å². The molecule has 1 amide bonds. The van der Waals surface area contributed by atoms with Crippen LogP contribution >= 0.6 is 0 Å². The second-order valence-electron chi connectivity index (χ2n) is 5.86. The Kier molecular flexibility index (Phi) is 4.70. The molecule has 1 aromatic heterocycles. The van der Waals surface area contributed by atoms with E-state index in [1.165, 1.54) is 0 Å². The fraction of sp³-hybridized carbons (Fsp3) is 0.400. The van der Waals surface area contributed by atoms with Crippen molar-refractivity contribution in [3.8, 4) is 5.69 Å². The summed E-state index contributed by atoms with van der Waals surface area (Å²) in [5, 5.41) is 14.5. The first-order valence-electron chi connectivity index (χ1n) is 6.92. The molecule has 2 rings (SSSR count). The predicted molar refractivity (Wildman–Crippen MR) is 81.0 cm³/mol. The molecule has 2 N–H and O–H groups in total. The van der Waals surface area contributed by atoms with E-state index in [1.54, 1.807) is 11.0 Å². The van der Waals surface area contributed by atoms with Crippen molar-refractivity contribution in [3.63, 3.8) is 0 Å². The standard InChI is InChI=1S/C15H21N5O/c1-15(2,3)18-14(21)11-16-9-12-10-17-20(19-12)13-7-5-4-6-8-13/h4-8,10,16H,9,11H2,1-3H3,(H,18,21). The van der Waals surface area contributed by atoms with Crippen molar-refractivity contribution in [2.75, 3.05) is 6.54 Å². The fourth-order valence-corrected chi connectivity index (χ4v) is 1.83. The van der Waals surface area contributed by atoms with Crippen molar-refractivity contribution >= 4 is 5.91 Å². The van der Waals surface area contributed by atoms with Gasteiger partial charge in [-0.15, -0.1) is 0 Å². The van der Waals surface area contributed by atoms with Crippen LogP contribution in [-0.2, 0) is 11.3 Å². The Bertz CT molecular complexity index is 586. The Morgan fingerprint density at radius 3 is 2.62 bits per heavy atom. The number of hydrogen-bond donors (Lipinski definition) is 2. The molecular formula is C15H21N5O. The van der Waals surface area contributed by atoms with Crippen LogP contribution in [0.2, 0.25) is 0 Å². The molecule has 6 nitrogen and oxygen atoms in total. The van der Waals surface area contributed by atoms with Crippen LogP contribution in [0.25, 0.3) is 5.69 Å². The van der Waals surface area contributed by atoms with Gasteiger partial charge in [-0.1, -0.05) is 18.2 Å². The topological polar surface area (TPSA) is 71.8 Å². The summed E-state index contributed by atoms with van der Waals surface area (Å²) in [4.78, 5) is 13.2. The number of nitrogens with zero attached hydrogens (tertiary/aromatic N) is 3. The second kappa shape index (κ2) is 6.49. The summed E-state index contributed by atoms with van der Waals surface area (Å²) in [5.41, 5.74) is 1.49. The molecule has 6 heteroatoms. The second-order valence-corrected chi connectivity index (χ2v) is 5.86. The van der Waals surface area contributed by atoms with E-state index in [0.29, 0.717) is 6.54 Å². The predicted octanol–water partition coefficient (Wildman–Crippen LogP) is 1.27. The van der Waals surface area contributed by atoms with Crippen LogP contribution in [0, 0.1) is 0 Å². The van der Waals surface area contributed by atoms with E-state index in [4.69, 9.17) is 0 Å². The highest BCUT2D eigenvalue weighted by atomic mass is 16.2. The average Bonchev–Trinajstić information content (AvgIpc) is 2.86. The molecule has 1 aromatic carbocycles. The van der Waals surface area contributed by atoms with Gasteiger partial charge in [0, 0.05) is 12.1 Å². The number of nitrogens with one attached hydrogen (secondary N) is 2. The van der Waals surface area contributed by atoms with E-state index in [-0.39, 0.29) is 18.0 Å². The molecule has 0 saturated heterocycles. The van der Waals surface area contributed by atoms with Gasteiger partial charge in [0.2, 0.25) is 5.91 Å². The number of amides is 1. The largest absolute Gasteiger partial charge is 0.350 e. The maximum Gasteiger partial charge on any atom is 0.234 e. The number of benzene rings is 1. The molecule has 0 unspecified atom stereocenters. The lowest BCUT2D eigenvalue weighted by Crippen LogP contribution is -2.44. The van der Waals surface area contributed by atoms with Crippen LogP contribution < -0.4 is 10.6 Å². The number of aromatic nitrogens is 3. The van der Waals surface area contributed by atoms with Crippen LogP contribution in [-0.4, -0.2) is 33.0 Å². The minimum Gasteiger partial charge on any atom is -0.350 e. The number of rotatable bonds is 5. The highest BCUT2D eigenvalue weighted by Crippen LogP contribution is 2.04. The third-order valence-corrected chi connectivity index (χ3v) is 2.63. The van der Waals surface area contributed by atoms with Crippen molar-refractivity contribution in [1.29, 1.82) is 0 Å². The van der Waals surface area contributed by atoms with Gasteiger partial charge in [0.25, 0.3) is 0 Å². The van der Waals surface area contributed by atoms with Crippen LogP contribution in [0.1, 0.15) is 26.5 Å². The highest BCUT2D eigenvalue weighted by Gasteiger charge is 2.13. The molecule has 0 radical (unpaired) electrons. The van der Waals surface area contributed by atoms with Gasteiger partial charge in [0.15, 0.2) is 0 Å². The van der Waals surface area contributed by atoms with Crippen LogP contribution in [0.5, 0.6) is 0 Å². The summed E-state index contributed by atoms with van der Waals surface area (Å²) >= 11 is 0. The molecule has 0 fully saturated rings. The molecule has 0 atom stereocenters. The monoisotopic (exact) mass is 287 g/mol. The van der Waals surface area contributed by atoms with Gasteiger partial charge >= 0.3 is 0 Å². The van der Waals surface area contributed by atoms with Crippen molar-refractivity contribution in [2.24, 2.45) is 0 Å². The van der Waals surface area contributed by atoms with Gasteiger partial charge in [0.05, 0.1) is 24.1 Å². The van der Waals surface area contributed by atoms with Crippen molar-refractivity contribution in [3.05, 3.63) is 42.2 Å². The zero-order valence-electron chi connectivity index (χ0n) is 12.6. The summed E-state index contributed by atoms with van der Waals surface area (Å²) in [6.45, 7) is 6.63. The number of carbonyl (C=O) groups excluding carboxylic acids is 1. The van der Waals surface area contributed by atoms with Gasteiger partial charge in [-0.25, -0.2) is 0 Å². The molecule has 0 aliphatic carbocycles. The summed E-state index contributed by atoms with van der Waals surface area (Å²) in [6.07, 6.45) is 1.70. The first-order valence-corrected chi connectivity index (χ1v) is 6.92. The molecule has 2 aromatic rings. The van der Waals surface area contributed by atoms with Gasteiger partial charge in [0.1, 0.15) is 0 Å². The zero-order chi connectivity index (χ0) is 15.3. The summed E-state index contributed by atoms with van der Waals surface area (Å²) < 4.78 is 0. The van der Waals surface area contributed by atoms with Crippen LogP contribution in [0.3, 0.4) is 0 Å². The Morgan fingerprint density at radius 2 is 1.95 bits per heavy atom. The SMILES string of the molecule is CC(C)(C)NC(=O)CNCc1cnn(-c2ccccc2)n1. The number of para-hydroxylation sites is 1.